The van der Waals surface area contributed by atoms with Gasteiger partial charge in [-0.25, -0.2) is 0 Å². The number of carbonyl (C=O) groups excluding carboxylic acids is 1. The van der Waals surface area contributed by atoms with Crippen molar-refractivity contribution >= 4 is 23.4 Å². The molecule has 140 valence electrons. The molecule has 3 aromatic rings. The molecule has 0 unspecified atom stereocenters. The number of nitrogens with zero attached hydrogens (tertiary/aromatic N) is 5. The molecular weight excluding hydrogens is 374 g/mol. The van der Waals surface area contributed by atoms with Gasteiger partial charge in [0.1, 0.15) is 5.69 Å². The van der Waals surface area contributed by atoms with Crippen LogP contribution in [0.4, 0.5) is 5.69 Å². The monoisotopic (exact) mass is 391 g/mol. The number of benzene rings is 1. The molecule has 4 rings (SSSR count). The number of thioether (sulfide) groups is 1. The molecule has 0 N–H and O–H groups in total. The summed E-state index contributed by atoms with van der Waals surface area (Å²) in [5.74, 6) is 0.791. The molecule has 0 bridgehead atoms. The van der Waals surface area contributed by atoms with Crippen molar-refractivity contribution in [3.05, 3.63) is 67.0 Å². The average molecular weight is 391 g/mol. The van der Waals surface area contributed by atoms with Crippen LogP contribution in [0.15, 0.2) is 66.5 Å². The van der Waals surface area contributed by atoms with E-state index in [0.717, 1.165) is 5.56 Å². The summed E-state index contributed by atoms with van der Waals surface area (Å²) < 4.78 is 6.21. The number of hydrogen-bond acceptors (Lipinski definition) is 7. The molecule has 0 saturated carbocycles. The third-order valence-corrected chi connectivity index (χ3v) is 4.96. The lowest BCUT2D eigenvalue weighted by molar-refractivity contribution is -0.118. The SMILES string of the molecule is C=CCSc1nnc2c(n1)O[C@@H](c1ccccn1)N(C(C)=O)c1ccccc1-2. The van der Waals surface area contributed by atoms with Crippen LogP contribution < -0.4 is 9.64 Å². The molecule has 1 atom stereocenters. The Labute approximate surface area is 166 Å². The van der Waals surface area contributed by atoms with Crippen LogP contribution in [0.2, 0.25) is 0 Å². The Hall–Kier alpha value is -3.26. The van der Waals surface area contributed by atoms with Gasteiger partial charge in [-0.3, -0.25) is 14.7 Å². The summed E-state index contributed by atoms with van der Waals surface area (Å²) in [7, 11) is 0. The van der Waals surface area contributed by atoms with Crippen LogP contribution in [0.25, 0.3) is 11.3 Å². The van der Waals surface area contributed by atoms with E-state index < -0.39 is 6.23 Å². The number of rotatable bonds is 4. The highest BCUT2D eigenvalue weighted by molar-refractivity contribution is 7.99. The number of amides is 1. The number of carbonyl (C=O) groups is 1. The highest BCUT2D eigenvalue weighted by atomic mass is 32.2. The number of pyridine rings is 1. The summed E-state index contributed by atoms with van der Waals surface area (Å²) in [6.07, 6.45) is 2.66. The van der Waals surface area contributed by atoms with Crippen LogP contribution in [0.1, 0.15) is 18.8 Å². The van der Waals surface area contributed by atoms with Crippen molar-refractivity contribution in [2.75, 3.05) is 10.7 Å². The first-order chi connectivity index (χ1) is 13.7. The summed E-state index contributed by atoms with van der Waals surface area (Å²) >= 11 is 1.41. The topological polar surface area (TPSA) is 81.1 Å². The molecule has 1 amide bonds. The Morgan fingerprint density at radius 2 is 2.07 bits per heavy atom. The zero-order chi connectivity index (χ0) is 19.5. The van der Waals surface area contributed by atoms with Crippen molar-refractivity contribution in [3.8, 4) is 17.1 Å². The van der Waals surface area contributed by atoms with E-state index in [1.54, 1.807) is 17.2 Å². The van der Waals surface area contributed by atoms with Crippen molar-refractivity contribution in [1.29, 1.82) is 0 Å². The van der Waals surface area contributed by atoms with Crippen LogP contribution in [-0.4, -0.2) is 31.8 Å². The third kappa shape index (κ3) is 3.34. The molecule has 2 aromatic heterocycles. The minimum Gasteiger partial charge on any atom is -0.445 e. The zero-order valence-corrected chi connectivity index (χ0v) is 16.0. The van der Waals surface area contributed by atoms with E-state index in [9.17, 15) is 4.79 Å². The van der Waals surface area contributed by atoms with Gasteiger partial charge in [-0.15, -0.1) is 16.8 Å². The Kier molecular flexibility index (Phi) is 5.03. The van der Waals surface area contributed by atoms with Gasteiger partial charge in [0.25, 0.3) is 0 Å². The van der Waals surface area contributed by atoms with Crippen LogP contribution >= 0.6 is 11.8 Å². The summed E-state index contributed by atoms with van der Waals surface area (Å²) in [6.45, 7) is 5.21. The largest absolute Gasteiger partial charge is 0.445 e. The van der Waals surface area contributed by atoms with E-state index in [-0.39, 0.29) is 5.91 Å². The van der Waals surface area contributed by atoms with Crippen LogP contribution in [-0.2, 0) is 4.79 Å². The fourth-order valence-electron chi connectivity index (χ4n) is 2.96. The number of fused-ring (bicyclic) bond motifs is 3. The van der Waals surface area contributed by atoms with Gasteiger partial charge in [0.2, 0.25) is 23.2 Å². The second kappa shape index (κ2) is 7.77. The van der Waals surface area contributed by atoms with Crippen LogP contribution in [0, 0.1) is 0 Å². The van der Waals surface area contributed by atoms with E-state index in [1.807, 2.05) is 42.5 Å². The van der Waals surface area contributed by atoms with Crippen LogP contribution in [0.3, 0.4) is 0 Å². The second-order valence-corrected chi connectivity index (χ2v) is 6.97. The van der Waals surface area contributed by atoms with E-state index in [2.05, 4.69) is 26.7 Å². The molecule has 0 saturated heterocycles. The average Bonchev–Trinajstić information content (AvgIpc) is 2.87. The Morgan fingerprint density at radius 3 is 2.82 bits per heavy atom. The summed E-state index contributed by atoms with van der Waals surface area (Å²) in [5, 5.41) is 9.02. The number of anilines is 1. The third-order valence-electron chi connectivity index (χ3n) is 4.12. The molecule has 8 heteroatoms. The predicted molar refractivity (Wildman–Crippen MR) is 107 cm³/mol. The minimum atomic E-state index is -0.768. The molecule has 1 aromatic carbocycles. The van der Waals surface area contributed by atoms with Gasteiger partial charge in [-0.2, -0.15) is 4.98 Å². The van der Waals surface area contributed by atoms with E-state index >= 15 is 0 Å². The maximum absolute atomic E-state index is 12.6. The lowest BCUT2D eigenvalue weighted by Crippen LogP contribution is -2.36. The molecule has 0 aliphatic carbocycles. The van der Waals surface area contributed by atoms with Crippen LogP contribution in [0.5, 0.6) is 5.88 Å². The van der Waals surface area contributed by atoms with Gasteiger partial charge in [0, 0.05) is 24.4 Å². The van der Waals surface area contributed by atoms with Crippen molar-refractivity contribution < 1.29 is 9.53 Å². The number of ether oxygens (including phenoxy) is 1. The molecule has 3 heterocycles. The molecule has 0 radical (unpaired) electrons. The zero-order valence-electron chi connectivity index (χ0n) is 15.1. The fraction of sp³-hybridized carbons (Fsp3) is 0.150. The molecule has 7 nitrogen and oxygen atoms in total. The van der Waals surface area contributed by atoms with Gasteiger partial charge < -0.3 is 4.74 Å². The number of para-hydroxylation sites is 1. The Balaban J connectivity index is 1.91. The smallest absolute Gasteiger partial charge is 0.247 e. The fourth-order valence-corrected chi connectivity index (χ4v) is 3.47. The summed E-state index contributed by atoms with van der Waals surface area (Å²) in [6, 6.07) is 13.0. The molecular formula is C20H17N5O2S. The van der Waals surface area contributed by atoms with Gasteiger partial charge in [0.05, 0.1) is 5.69 Å². The van der Waals surface area contributed by atoms with Crippen molar-refractivity contribution in [3.63, 3.8) is 0 Å². The normalized spacial score (nSPS) is 15.0. The molecule has 0 spiro atoms. The first-order valence-corrected chi connectivity index (χ1v) is 9.63. The van der Waals surface area contributed by atoms with E-state index in [4.69, 9.17) is 4.74 Å². The maximum Gasteiger partial charge on any atom is 0.247 e. The molecule has 0 fully saturated rings. The lowest BCUT2D eigenvalue weighted by atomic mass is 10.1. The highest BCUT2D eigenvalue weighted by Crippen LogP contribution is 2.42. The quantitative estimate of drug-likeness (QED) is 0.496. The first kappa shape index (κ1) is 18.1. The van der Waals surface area contributed by atoms with Crippen molar-refractivity contribution in [2.45, 2.75) is 18.3 Å². The number of hydrogen-bond donors (Lipinski definition) is 0. The van der Waals surface area contributed by atoms with Gasteiger partial charge in [-0.05, 0) is 18.2 Å². The minimum absolute atomic E-state index is 0.176. The summed E-state index contributed by atoms with van der Waals surface area (Å²) in [5.41, 5.74) is 2.49. The van der Waals surface area contributed by atoms with Crippen molar-refractivity contribution in [1.82, 2.24) is 20.2 Å². The second-order valence-electron chi connectivity index (χ2n) is 5.98. The molecule has 1 aliphatic rings. The Bertz CT molecular complexity index is 1030. The van der Waals surface area contributed by atoms with Gasteiger partial charge in [0.15, 0.2) is 5.69 Å². The van der Waals surface area contributed by atoms with Crippen molar-refractivity contribution in [2.24, 2.45) is 0 Å². The number of aromatic nitrogens is 4. The first-order valence-electron chi connectivity index (χ1n) is 8.64. The highest BCUT2D eigenvalue weighted by Gasteiger charge is 2.35. The van der Waals surface area contributed by atoms with Gasteiger partial charge >= 0.3 is 0 Å². The Morgan fingerprint density at radius 1 is 1.25 bits per heavy atom. The van der Waals surface area contributed by atoms with Gasteiger partial charge in [-0.1, -0.05) is 42.1 Å². The molecule has 28 heavy (non-hydrogen) atoms. The summed E-state index contributed by atoms with van der Waals surface area (Å²) in [4.78, 5) is 23.1. The standard InChI is InChI=1S/C20H17N5O2S/c1-3-12-28-20-22-18-17(23-24-20)14-8-4-5-10-16(14)25(13(2)26)19(27-18)15-9-6-7-11-21-15/h3-11,19H,1,12H2,2H3/t19-/m0/s1. The predicted octanol–water partition coefficient (Wildman–Crippen LogP) is 3.66. The molecule has 1 aliphatic heterocycles. The lowest BCUT2D eigenvalue weighted by Gasteiger charge is -2.29. The maximum atomic E-state index is 12.6. The van der Waals surface area contributed by atoms with E-state index in [0.29, 0.717) is 33.9 Å². The van der Waals surface area contributed by atoms with E-state index in [1.165, 1.54) is 18.7 Å².